The summed E-state index contributed by atoms with van der Waals surface area (Å²) in [7, 11) is 0. The Labute approximate surface area is 116 Å². The molecule has 1 unspecified atom stereocenters. The number of benzene rings is 1. The lowest BCUT2D eigenvalue weighted by atomic mass is 10.2. The summed E-state index contributed by atoms with van der Waals surface area (Å²) in [6.45, 7) is 1.64. The van der Waals surface area contributed by atoms with E-state index >= 15 is 0 Å². The monoisotopic (exact) mass is 278 g/mol. The van der Waals surface area contributed by atoms with Crippen molar-refractivity contribution in [1.82, 2.24) is 14.8 Å². The topological polar surface area (TPSA) is 52.0 Å². The van der Waals surface area contributed by atoms with Crippen LogP contribution in [0.2, 0.25) is 5.02 Å². The van der Waals surface area contributed by atoms with Crippen LogP contribution in [0.5, 0.6) is 0 Å². The quantitative estimate of drug-likeness (QED) is 0.934. The Hall–Kier alpha value is -1.59. The third kappa shape index (κ3) is 2.88. The highest BCUT2D eigenvalue weighted by molar-refractivity contribution is 6.31. The van der Waals surface area contributed by atoms with Gasteiger partial charge in [0.15, 0.2) is 0 Å². The number of nitrogens with zero attached hydrogens (tertiary/aromatic N) is 3. The van der Waals surface area contributed by atoms with E-state index in [0.29, 0.717) is 5.02 Å². The van der Waals surface area contributed by atoms with E-state index in [-0.39, 0.29) is 6.10 Å². The number of hydrogen-bond acceptors (Lipinski definition) is 4. The van der Waals surface area contributed by atoms with Crippen molar-refractivity contribution >= 4 is 17.3 Å². The summed E-state index contributed by atoms with van der Waals surface area (Å²) in [6.07, 6.45) is 5.70. The Kier molecular flexibility index (Phi) is 3.66. The summed E-state index contributed by atoms with van der Waals surface area (Å²) in [4.78, 5) is 3.97. The van der Waals surface area contributed by atoms with Crippen molar-refractivity contribution in [3.8, 4) is 5.69 Å². The van der Waals surface area contributed by atoms with Gasteiger partial charge >= 0.3 is 0 Å². The fourth-order valence-corrected chi connectivity index (χ4v) is 2.38. The molecule has 0 saturated carbocycles. The Morgan fingerprint density at radius 3 is 3.16 bits per heavy atom. The number of halogens is 1. The highest BCUT2D eigenvalue weighted by Gasteiger charge is 2.16. The first kappa shape index (κ1) is 12.4. The van der Waals surface area contributed by atoms with Gasteiger partial charge in [0.2, 0.25) is 0 Å². The predicted octanol–water partition coefficient (Wildman–Crippen LogP) is 2.51. The first-order valence-corrected chi connectivity index (χ1v) is 6.71. The molecule has 1 atom stereocenters. The average Bonchev–Trinajstić information content (AvgIpc) is 3.10. The van der Waals surface area contributed by atoms with Gasteiger partial charge in [-0.15, -0.1) is 0 Å². The van der Waals surface area contributed by atoms with E-state index in [2.05, 4.69) is 15.4 Å². The molecular weight excluding hydrogens is 264 g/mol. The van der Waals surface area contributed by atoms with Gasteiger partial charge in [0.1, 0.15) is 12.7 Å². The van der Waals surface area contributed by atoms with Gasteiger partial charge in [0.05, 0.1) is 17.5 Å². The second kappa shape index (κ2) is 5.59. The molecule has 0 aliphatic carbocycles. The van der Waals surface area contributed by atoms with Crippen molar-refractivity contribution in [2.75, 3.05) is 18.5 Å². The third-order valence-electron chi connectivity index (χ3n) is 3.17. The van der Waals surface area contributed by atoms with Crippen LogP contribution in [0.15, 0.2) is 30.9 Å². The highest BCUT2D eigenvalue weighted by Crippen LogP contribution is 2.24. The molecule has 1 aliphatic rings. The van der Waals surface area contributed by atoms with Gasteiger partial charge in [-0.2, -0.15) is 5.10 Å². The van der Waals surface area contributed by atoms with Gasteiger partial charge in [-0.1, -0.05) is 11.6 Å². The largest absolute Gasteiger partial charge is 0.381 e. The van der Waals surface area contributed by atoms with Crippen LogP contribution in [-0.4, -0.2) is 34.0 Å². The smallest absolute Gasteiger partial charge is 0.138 e. The number of aromatic nitrogens is 3. The predicted molar refractivity (Wildman–Crippen MR) is 73.8 cm³/mol. The summed E-state index contributed by atoms with van der Waals surface area (Å²) >= 11 is 6.06. The molecule has 0 amide bonds. The van der Waals surface area contributed by atoms with Crippen molar-refractivity contribution in [3.63, 3.8) is 0 Å². The molecular formula is C13H15ClN4O. The van der Waals surface area contributed by atoms with E-state index in [4.69, 9.17) is 16.3 Å². The van der Waals surface area contributed by atoms with E-state index in [9.17, 15) is 0 Å². The summed E-state index contributed by atoms with van der Waals surface area (Å²) in [5.74, 6) is 0. The normalized spacial score (nSPS) is 18.7. The van der Waals surface area contributed by atoms with E-state index in [1.54, 1.807) is 11.0 Å². The van der Waals surface area contributed by atoms with Crippen molar-refractivity contribution < 1.29 is 4.74 Å². The van der Waals surface area contributed by atoms with Gasteiger partial charge in [-0.3, -0.25) is 0 Å². The van der Waals surface area contributed by atoms with Crippen LogP contribution in [0.25, 0.3) is 5.69 Å². The minimum atomic E-state index is 0.280. The van der Waals surface area contributed by atoms with Crippen LogP contribution in [0, 0.1) is 0 Å². The lowest BCUT2D eigenvalue weighted by Crippen LogP contribution is -2.19. The molecule has 1 fully saturated rings. The highest BCUT2D eigenvalue weighted by atomic mass is 35.5. The fourth-order valence-electron chi connectivity index (χ4n) is 2.21. The van der Waals surface area contributed by atoms with E-state index in [0.717, 1.165) is 37.4 Å². The first-order chi connectivity index (χ1) is 9.33. The van der Waals surface area contributed by atoms with E-state index in [1.165, 1.54) is 6.33 Å². The Bertz CT molecular complexity index is 538. The molecule has 2 aromatic rings. The van der Waals surface area contributed by atoms with E-state index in [1.807, 2.05) is 18.2 Å². The second-order valence-corrected chi connectivity index (χ2v) is 4.95. The van der Waals surface area contributed by atoms with Gasteiger partial charge in [0.25, 0.3) is 0 Å². The Balaban J connectivity index is 1.80. The molecule has 0 radical (unpaired) electrons. The molecule has 1 aromatic carbocycles. The standard InChI is InChI=1S/C13H15ClN4O/c14-10-3-4-13(18-9-15-8-17-18)12(6-10)16-7-11-2-1-5-19-11/h3-4,6,8-9,11,16H,1-2,5,7H2. The zero-order valence-electron chi connectivity index (χ0n) is 10.4. The van der Waals surface area contributed by atoms with Gasteiger partial charge in [-0.25, -0.2) is 9.67 Å². The SMILES string of the molecule is Clc1ccc(-n2cncn2)c(NCC2CCCO2)c1. The first-order valence-electron chi connectivity index (χ1n) is 6.33. The van der Waals surface area contributed by atoms with Crippen LogP contribution in [0.1, 0.15) is 12.8 Å². The maximum absolute atomic E-state index is 6.06. The summed E-state index contributed by atoms with van der Waals surface area (Å²) < 4.78 is 7.32. The van der Waals surface area contributed by atoms with Crippen LogP contribution < -0.4 is 5.32 Å². The van der Waals surface area contributed by atoms with Crippen LogP contribution in [-0.2, 0) is 4.74 Å². The molecule has 19 heavy (non-hydrogen) atoms. The Morgan fingerprint density at radius 1 is 1.47 bits per heavy atom. The number of anilines is 1. The second-order valence-electron chi connectivity index (χ2n) is 4.52. The number of ether oxygens (including phenoxy) is 1. The molecule has 1 saturated heterocycles. The zero-order valence-corrected chi connectivity index (χ0v) is 11.2. The van der Waals surface area contributed by atoms with Gasteiger partial charge < -0.3 is 10.1 Å². The number of hydrogen-bond donors (Lipinski definition) is 1. The fraction of sp³-hybridized carbons (Fsp3) is 0.385. The molecule has 5 nitrogen and oxygen atoms in total. The maximum Gasteiger partial charge on any atom is 0.138 e. The number of rotatable bonds is 4. The third-order valence-corrected chi connectivity index (χ3v) is 3.40. The minimum absolute atomic E-state index is 0.280. The van der Waals surface area contributed by atoms with Crippen molar-refractivity contribution in [3.05, 3.63) is 35.9 Å². The van der Waals surface area contributed by atoms with Crippen LogP contribution in [0.4, 0.5) is 5.69 Å². The van der Waals surface area contributed by atoms with Crippen molar-refractivity contribution in [1.29, 1.82) is 0 Å². The summed E-state index contributed by atoms with van der Waals surface area (Å²) in [5, 5.41) is 8.23. The number of nitrogens with one attached hydrogen (secondary N) is 1. The minimum Gasteiger partial charge on any atom is -0.381 e. The molecule has 2 heterocycles. The molecule has 0 spiro atoms. The molecule has 1 N–H and O–H groups in total. The van der Waals surface area contributed by atoms with Crippen molar-refractivity contribution in [2.45, 2.75) is 18.9 Å². The van der Waals surface area contributed by atoms with E-state index < -0.39 is 0 Å². The molecule has 6 heteroatoms. The molecule has 100 valence electrons. The molecule has 3 rings (SSSR count). The molecule has 0 bridgehead atoms. The lowest BCUT2D eigenvalue weighted by molar-refractivity contribution is 0.120. The zero-order chi connectivity index (χ0) is 13.1. The maximum atomic E-state index is 6.06. The average molecular weight is 279 g/mol. The van der Waals surface area contributed by atoms with Crippen LogP contribution >= 0.6 is 11.6 Å². The lowest BCUT2D eigenvalue weighted by Gasteiger charge is -2.15. The van der Waals surface area contributed by atoms with Crippen molar-refractivity contribution in [2.24, 2.45) is 0 Å². The Morgan fingerprint density at radius 2 is 2.42 bits per heavy atom. The van der Waals surface area contributed by atoms with Crippen LogP contribution in [0.3, 0.4) is 0 Å². The summed E-state index contributed by atoms with van der Waals surface area (Å²) in [5.41, 5.74) is 1.87. The molecule has 1 aromatic heterocycles. The van der Waals surface area contributed by atoms with Gasteiger partial charge in [0, 0.05) is 18.2 Å². The van der Waals surface area contributed by atoms with Gasteiger partial charge in [-0.05, 0) is 31.0 Å². The molecule has 1 aliphatic heterocycles. The summed E-state index contributed by atoms with van der Waals surface area (Å²) in [6, 6.07) is 5.66.